The smallest absolute Gasteiger partial charge is 0.124 e. The fourth-order valence-electron chi connectivity index (χ4n) is 2.29. The molecule has 3 rings (SSSR count). The van der Waals surface area contributed by atoms with Crippen molar-refractivity contribution in [1.82, 2.24) is 5.32 Å². The highest BCUT2D eigenvalue weighted by atomic mass is 35.5. The van der Waals surface area contributed by atoms with Gasteiger partial charge in [0, 0.05) is 14.5 Å². The number of thiophene rings is 2. The molecule has 5 heteroatoms. The number of hydrogen-bond donors (Lipinski definition) is 1. The number of benzene rings is 1. The molecule has 0 radical (unpaired) electrons. The first-order valence-electron chi connectivity index (χ1n) is 6.84. The van der Waals surface area contributed by atoms with Crippen LogP contribution in [0.1, 0.15) is 29.1 Å². The van der Waals surface area contributed by atoms with Crippen molar-refractivity contribution in [1.29, 1.82) is 0 Å². The van der Waals surface area contributed by atoms with Crippen LogP contribution in [0.5, 0.6) is 0 Å². The Morgan fingerprint density at radius 2 is 2.14 bits per heavy atom. The molecule has 0 bridgehead atoms. The number of nitrogens with one attached hydrogen (secondary N) is 1. The van der Waals surface area contributed by atoms with Gasteiger partial charge in [-0.05, 0) is 48.0 Å². The Morgan fingerprint density at radius 1 is 1.29 bits per heavy atom. The molecular weight excluding hydrogens is 325 g/mol. The van der Waals surface area contributed by atoms with E-state index in [1.165, 1.54) is 10.9 Å². The van der Waals surface area contributed by atoms with Crippen LogP contribution >= 0.6 is 34.3 Å². The lowest BCUT2D eigenvalue weighted by atomic mass is 10.1. The van der Waals surface area contributed by atoms with Crippen LogP contribution < -0.4 is 5.32 Å². The fourth-order valence-corrected chi connectivity index (χ4v) is 4.80. The molecule has 1 aromatic carbocycles. The minimum absolute atomic E-state index is 0.0814. The zero-order valence-corrected chi connectivity index (χ0v) is 13.9. The molecule has 1 unspecified atom stereocenters. The van der Waals surface area contributed by atoms with Crippen LogP contribution in [0, 0.1) is 5.82 Å². The van der Waals surface area contributed by atoms with Crippen LogP contribution in [0.3, 0.4) is 0 Å². The lowest BCUT2D eigenvalue weighted by molar-refractivity contribution is 0.613. The third-order valence-corrected chi connectivity index (χ3v) is 5.88. The minimum Gasteiger partial charge on any atom is -0.305 e. The first kappa shape index (κ1) is 15.0. The number of hydrogen-bond acceptors (Lipinski definition) is 3. The summed E-state index contributed by atoms with van der Waals surface area (Å²) >= 11 is 9.58. The molecule has 0 fully saturated rings. The predicted molar refractivity (Wildman–Crippen MR) is 91.2 cm³/mol. The molecule has 0 aliphatic rings. The molecule has 21 heavy (non-hydrogen) atoms. The van der Waals surface area contributed by atoms with Gasteiger partial charge < -0.3 is 5.32 Å². The zero-order chi connectivity index (χ0) is 14.8. The molecule has 0 amide bonds. The maximum Gasteiger partial charge on any atom is 0.124 e. The quantitative estimate of drug-likeness (QED) is 0.615. The first-order valence-corrected chi connectivity index (χ1v) is 8.91. The van der Waals surface area contributed by atoms with E-state index >= 15 is 0 Å². The van der Waals surface area contributed by atoms with Gasteiger partial charge in [0.25, 0.3) is 0 Å². The van der Waals surface area contributed by atoms with Crippen molar-refractivity contribution in [2.24, 2.45) is 0 Å². The van der Waals surface area contributed by atoms with Crippen LogP contribution in [0.2, 0.25) is 5.02 Å². The van der Waals surface area contributed by atoms with Crippen molar-refractivity contribution in [3.05, 3.63) is 56.3 Å². The summed E-state index contributed by atoms with van der Waals surface area (Å²) < 4.78 is 14.3. The van der Waals surface area contributed by atoms with E-state index in [2.05, 4.69) is 18.3 Å². The summed E-state index contributed by atoms with van der Waals surface area (Å²) in [6.07, 6.45) is 1.05. The van der Waals surface area contributed by atoms with E-state index in [9.17, 15) is 4.39 Å². The normalized spacial score (nSPS) is 12.9. The second kappa shape index (κ2) is 6.44. The second-order valence-electron chi connectivity index (χ2n) is 4.85. The van der Waals surface area contributed by atoms with Gasteiger partial charge in [0.2, 0.25) is 0 Å². The predicted octanol–water partition coefficient (Wildman–Crippen LogP) is 5.84. The van der Waals surface area contributed by atoms with E-state index in [0.717, 1.165) is 33.0 Å². The van der Waals surface area contributed by atoms with Gasteiger partial charge in [-0.1, -0.05) is 24.6 Å². The summed E-state index contributed by atoms with van der Waals surface area (Å²) in [7, 11) is 0. The third-order valence-electron chi connectivity index (χ3n) is 3.29. The van der Waals surface area contributed by atoms with Gasteiger partial charge in [-0.25, -0.2) is 4.39 Å². The van der Waals surface area contributed by atoms with E-state index < -0.39 is 0 Å². The minimum atomic E-state index is -0.192. The molecule has 2 aromatic heterocycles. The molecule has 1 nitrogen and oxygen atoms in total. The SMILES string of the molecule is CCCNC(c1cc2ccc(F)cc2s1)c1sccc1Cl. The highest BCUT2D eigenvalue weighted by molar-refractivity contribution is 7.19. The second-order valence-corrected chi connectivity index (χ2v) is 7.32. The van der Waals surface area contributed by atoms with Crippen LogP contribution in [0.15, 0.2) is 35.7 Å². The average Bonchev–Trinajstić information content (AvgIpc) is 3.06. The Bertz CT molecular complexity index is 750. The van der Waals surface area contributed by atoms with E-state index in [0.29, 0.717) is 0 Å². The van der Waals surface area contributed by atoms with Crippen LogP contribution in [0.25, 0.3) is 10.1 Å². The molecule has 3 aromatic rings. The molecule has 0 saturated heterocycles. The Morgan fingerprint density at radius 3 is 2.86 bits per heavy atom. The van der Waals surface area contributed by atoms with Crippen molar-refractivity contribution >= 4 is 44.4 Å². The molecule has 1 atom stereocenters. The summed E-state index contributed by atoms with van der Waals surface area (Å²) in [6, 6.07) is 9.06. The van der Waals surface area contributed by atoms with Crippen molar-refractivity contribution < 1.29 is 4.39 Å². The third kappa shape index (κ3) is 3.14. The monoisotopic (exact) mass is 339 g/mol. The largest absolute Gasteiger partial charge is 0.305 e. The van der Waals surface area contributed by atoms with Crippen molar-refractivity contribution in [2.75, 3.05) is 6.54 Å². The van der Waals surface area contributed by atoms with Crippen LogP contribution in [-0.2, 0) is 0 Å². The Kier molecular flexibility index (Phi) is 4.60. The number of fused-ring (bicyclic) bond motifs is 1. The van der Waals surface area contributed by atoms with Gasteiger partial charge in [0.1, 0.15) is 5.82 Å². The van der Waals surface area contributed by atoms with Crippen molar-refractivity contribution in [2.45, 2.75) is 19.4 Å². The lowest BCUT2D eigenvalue weighted by Crippen LogP contribution is -2.21. The Balaban J connectivity index is 2.03. The average molecular weight is 340 g/mol. The van der Waals surface area contributed by atoms with Gasteiger partial charge in [0.15, 0.2) is 0 Å². The standard InChI is InChI=1S/C16H15ClFNS2/c1-2-6-19-15(16-12(17)5-7-20-16)14-8-10-3-4-11(18)9-13(10)21-14/h3-5,7-9,15,19H,2,6H2,1H3. The number of rotatable bonds is 5. The van der Waals surface area contributed by atoms with Gasteiger partial charge in [-0.2, -0.15) is 0 Å². The molecule has 0 aliphatic carbocycles. The van der Waals surface area contributed by atoms with Crippen molar-refractivity contribution in [3.63, 3.8) is 0 Å². The molecule has 0 aliphatic heterocycles. The van der Waals surface area contributed by atoms with Gasteiger partial charge in [-0.3, -0.25) is 0 Å². The summed E-state index contributed by atoms with van der Waals surface area (Å²) in [5.41, 5.74) is 0. The topological polar surface area (TPSA) is 12.0 Å². The number of halogens is 2. The highest BCUT2D eigenvalue weighted by Gasteiger charge is 2.20. The Hall–Kier alpha value is -0.940. The van der Waals surface area contributed by atoms with Gasteiger partial charge in [-0.15, -0.1) is 22.7 Å². The lowest BCUT2D eigenvalue weighted by Gasteiger charge is -2.16. The molecular formula is C16H15ClFNS2. The van der Waals surface area contributed by atoms with Crippen LogP contribution in [-0.4, -0.2) is 6.54 Å². The Labute approximate surface area is 136 Å². The maximum atomic E-state index is 13.4. The molecule has 1 N–H and O–H groups in total. The first-order chi connectivity index (χ1) is 10.2. The van der Waals surface area contributed by atoms with E-state index in [1.54, 1.807) is 28.7 Å². The summed E-state index contributed by atoms with van der Waals surface area (Å²) in [5.74, 6) is -0.192. The zero-order valence-electron chi connectivity index (χ0n) is 11.5. The molecule has 0 spiro atoms. The summed E-state index contributed by atoms with van der Waals surface area (Å²) in [6.45, 7) is 3.06. The van der Waals surface area contributed by atoms with Gasteiger partial charge >= 0.3 is 0 Å². The molecule has 0 saturated carbocycles. The van der Waals surface area contributed by atoms with Crippen molar-refractivity contribution in [3.8, 4) is 0 Å². The molecule has 110 valence electrons. The van der Waals surface area contributed by atoms with Gasteiger partial charge in [0.05, 0.1) is 11.1 Å². The van der Waals surface area contributed by atoms with E-state index in [-0.39, 0.29) is 11.9 Å². The molecule has 2 heterocycles. The maximum absolute atomic E-state index is 13.4. The van der Waals surface area contributed by atoms with E-state index in [1.807, 2.05) is 17.5 Å². The highest BCUT2D eigenvalue weighted by Crippen LogP contribution is 2.38. The van der Waals surface area contributed by atoms with Crippen LogP contribution in [0.4, 0.5) is 4.39 Å². The van der Waals surface area contributed by atoms with E-state index in [4.69, 9.17) is 11.6 Å². The summed E-state index contributed by atoms with van der Waals surface area (Å²) in [4.78, 5) is 2.30. The fraction of sp³-hybridized carbons (Fsp3) is 0.250. The summed E-state index contributed by atoms with van der Waals surface area (Å²) in [5, 5.41) is 7.42.